The quantitative estimate of drug-likeness (QED) is 0.909. The molecule has 1 N–H and O–H groups in total. The number of rotatable bonds is 4. The summed E-state index contributed by atoms with van der Waals surface area (Å²) >= 11 is 0. The van der Waals surface area contributed by atoms with Crippen molar-refractivity contribution in [3.8, 4) is 6.07 Å². The first-order chi connectivity index (χ1) is 9.61. The Balaban J connectivity index is 2.09. The zero-order chi connectivity index (χ0) is 14.5. The molecule has 2 rings (SSSR count). The average molecular weight is 265 g/mol. The highest BCUT2D eigenvalue weighted by molar-refractivity contribution is 5.55. The Bertz CT molecular complexity index is 622. The van der Waals surface area contributed by atoms with Gasteiger partial charge in [-0.3, -0.25) is 0 Å². The van der Waals surface area contributed by atoms with E-state index in [0.29, 0.717) is 23.8 Å². The predicted octanol–water partition coefficient (Wildman–Crippen LogP) is 4.00. The number of aromatic nitrogens is 1. The minimum Gasteiger partial charge on any atom is -0.365 e. The zero-order valence-electron chi connectivity index (χ0n) is 12.1. The Morgan fingerprint density at radius 3 is 2.50 bits per heavy atom. The molecule has 0 aliphatic rings. The van der Waals surface area contributed by atoms with Crippen molar-refractivity contribution in [1.29, 1.82) is 5.26 Å². The second-order valence-electron chi connectivity index (χ2n) is 5.21. The molecule has 1 heterocycles. The number of benzene rings is 1. The van der Waals surface area contributed by atoms with Gasteiger partial charge < -0.3 is 5.32 Å². The van der Waals surface area contributed by atoms with E-state index in [1.165, 1.54) is 11.1 Å². The topological polar surface area (TPSA) is 48.7 Å². The number of hydrogen-bond donors (Lipinski definition) is 1. The molecule has 102 valence electrons. The van der Waals surface area contributed by atoms with Crippen molar-refractivity contribution in [2.24, 2.45) is 0 Å². The van der Waals surface area contributed by atoms with E-state index in [1.54, 1.807) is 6.20 Å². The van der Waals surface area contributed by atoms with E-state index >= 15 is 0 Å². The van der Waals surface area contributed by atoms with Gasteiger partial charge in [-0.15, -0.1) is 0 Å². The van der Waals surface area contributed by atoms with Crippen LogP contribution in [0, 0.1) is 18.3 Å². The third kappa shape index (κ3) is 3.16. The molecule has 0 fully saturated rings. The Morgan fingerprint density at radius 2 is 1.90 bits per heavy atom. The lowest BCUT2D eigenvalue weighted by Crippen LogP contribution is -2.04. The third-order valence-corrected chi connectivity index (χ3v) is 3.38. The van der Waals surface area contributed by atoms with E-state index in [0.717, 1.165) is 5.56 Å². The van der Waals surface area contributed by atoms with Crippen molar-refractivity contribution >= 4 is 5.82 Å². The molecule has 0 amide bonds. The van der Waals surface area contributed by atoms with Crippen molar-refractivity contribution in [1.82, 2.24) is 4.98 Å². The number of hydrogen-bond acceptors (Lipinski definition) is 3. The van der Waals surface area contributed by atoms with Crippen molar-refractivity contribution in [2.75, 3.05) is 5.32 Å². The zero-order valence-corrected chi connectivity index (χ0v) is 12.1. The maximum Gasteiger partial charge on any atom is 0.144 e. The molecule has 20 heavy (non-hydrogen) atoms. The minimum absolute atomic E-state index is 0.542. The van der Waals surface area contributed by atoms with Gasteiger partial charge in [-0.05, 0) is 35.6 Å². The maximum atomic E-state index is 9.16. The fraction of sp³-hybridized carbons (Fsp3) is 0.294. The number of aryl methyl sites for hydroxylation is 1. The van der Waals surface area contributed by atoms with Crippen molar-refractivity contribution in [2.45, 2.75) is 33.2 Å². The van der Waals surface area contributed by atoms with Gasteiger partial charge in [0.25, 0.3) is 0 Å². The molecule has 0 saturated heterocycles. The molecular formula is C17H19N3. The van der Waals surface area contributed by atoms with Crippen molar-refractivity contribution < 1.29 is 0 Å². The van der Waals surface area contributed by atoms with Gasteiger partial charge >= 0.3 is 0 Å². The molecule has 0 saturated carbocycles. The SMILES string of the molecule is Cc1ccnc(NCc2ccc(C(C)C)cc2)c1C#N. The summed E-state index contributed by atoms with van der Waals surface area (Å²) < 4.78 is 0. The van der Waals surface area contributed by atoms with Crippen LogP contribution in [-0.2, 0) is 6.54 Å². The standard InChI is InChI=1S/C17H19N3/c1-12(2)15-6-4-14(5-7-15)11-20-17-16(10-18)13(3)8-9-19-17/h4-9,12H,11H2,1-3H3,(H,19,20). The highest BCUT2D eigenvalue weighted by Crippen LogP contribution is 2.18. The van der Waals surface area contributed by atoms with Crippen LogP contribution in [0.3, 0.4) is 0 Å². The number of nitrogens with one attached hydrogen (secondary N) is 1. The number of pyridine rings is 1. The van der Waals surface area contributed by atoms with Gasteiger partial charge in [-0.2, -0.15) is 5.26 Å². The van der Waals surface area contributed by atoms with E-state index in [9.17, 15) is 0 Å². The van der Waals surface area contributed by atoms with Gasteiger partial charge in [0.05, 0.1) is 5.56 Å². The summed E-state index contributed by atoms with van der Waals surface area (Å²) in [7, 11) is 0. The molecule has 0 aliphatic heterocycles. The van der Waals surface area contributed by atoms with Gasteiger partial charge in [0.1, 0.15) is 11.9 Å². The Kier molecular flexibility index (Phi) is 4.37. The molecule has 0 radical (unpaired) electrons. The maximum absolute atomic E-state index is 9.16. The fourth-order valence-electron chi connectivity index (χ4n) is 2.04. The van der Waals surface area contributed by atoms with E-state index in [4.69, 9.17) is 5.26 Å². The Hall–Kier alpha value is -2.34. The summed E-state index contributed by atoms with van der Waals surface area (Å²) in [6, 6.07) is 12.6. The van der Waals surface area contributed by atoms with Crippen LogP contribution < -0.4 is 5.32 Å². The first-order valence-electron chi connectivity index (χ1n) is 6.80. The number of nitrogens with zero attached hydrogens (tertiary/aromatic N) is 2. The predicted molar refractivity (Wildman–Crippen MR) is 81.5 cm³/mol. The van der Waals surface area contributed by atoms with Crippen LogP contribution in [0.1, 0.15) is 42.0 Å². The lowest BCUT2D eigenvalue weighted by atomic mass is 10.0. The molecule has 0 spiro atoms. The summed E-state index contributed by atoms with van der Waals surface area (Å²) in [5.41, 5.74) is 4.08. The molecule has 1 aromatic heterocycles. The van der Waals surface area contributed by atoms with Gasteiger partial charge in [0, 0.05) is 12.7 Å². The Labute approximate surface area is 120 Å². The van der Waals surface area contributed by atoms with Crippen molar-refractivity contribution in [3.63, 3.8) is 0 Å². The van der Waals surface area contributed by atoms with E-state index in [2.05, 4.69) is 54.5 Å². The van der Waals surface area contributed by atoms with Gasteiger partial charge in [-0.1, -0.05) is 38.1 Å². The van der Waals surface area contributed by atoms with Gasteiger partial charge in [-0.25, -0.2) is 4.98 Å². The summed E-state index contributed by atoms with van der Waals surface area (Å²) in [5.74, 6) is 1.20. The lowest BCUT2D eigenvalue weighted by molar-refractivity contribution is 0.865. The highest BCUT2D eigenvalue weighted by atomic mass is 15.0. The molecular weight excluding hydrogens is 246 g/mol. The van der Waals surface area contributed by atoms with E-state index in [1.807, 2.05) is 13.0 Å². The van der Waals surface area contributed by atoms with Crippen molar-refractivity contribution in [3.05, 3.63) is 58.8 Å². The summed E-state index contributed by atoms with van der Waals surface area (Å²) in [5, 5.41) is 12.4. The highest BCUT2D eigenvalue weighted by Gasteiger charge is 2.06. The normalized spacial score (nSPS) is 10.3. The summed E-state index contributed by atoms with van der Waals surface area (Å²) in [6.45, 7) is 6.96. The van der Waals surface area contributed by atoms with Crippen LogP contribution in [0.2, 0.25) is 0 Å². The third-order valence-electron chi connectivity index (χ3n) is 3.38. The fourth-order valence-corrected chi connectivity index (χ4v) is 2.04. The first-order valence-corrected chi connectivity index (χ1v) is 6.80. The van der Waals surface area contributed by atoms with Crippen LogP contribution >= 0.6 is 0 Å². The largest absolute Gasteiger partial charge is 0.365 e. The van der Waals surface area contributed by atoms with Crippen LogP contribution in [0.25, 0.3) is 0 Å². The van der Waals surface area contributed by atoms with Crippen LogP contribution in [0.5, 0.6) is 0 Å². The van der Waals surface area contributed by atoms with Crippen LogP contribution in [0.4, 0.5) is 5.82 Å². The smallest absolute Gasteiger partial charge is 0.144 e. The summed E-state index contributed by atoms with van der Waals surface area (Å²) in [4.78, 5) is 4.24. The molecule has 2 aromatic rings. The average Bonchev–Trinajstić information content (AvgIpc) is 2.45. The second-order valence-corrected chi connectivity index (χ2v) is 5.21. The minimum atomic E-state index is 0.542. The number of anilines is 1. The summed E-state index contributed by atoms with van der Waals surface area (Å²) in [6.07, 6.45) is 1.72. The molecule has 3 nitrogen and oxygen atoms in total. The van der Waals surface area contributed by atoms with Gasteiger partial charge in [0.15, 0.2) is 0 Å². The van der Waals surface area contributed by atoms with E-state index in [-0.39, 0.29) is 0 Å². The lowest BCUT2D eigenvalue weighted by Gasteiger charge is -2.10. The molecule has 0 bridgehead atoms. The van der Waals surface area contributed by atoms with Gasteiger partial charge in [0.2, 0.25) is 0 Å². The molecule has 0 unspecified atom stereocenters. The van der Waals surface area contributed by atoms with E-state index < -0.39 is 0 Å². The molecule has 0 atom stereocenters. The van der Waals surface area contributed by atoms with Crippen LogP contribution in [0.15, 0.2) is 36.5 Å². The molecule has 1 aromatic carbocycles. The second kappa shape index (κ2) is 6.21. The monoisotopic (exact) mass is 265 g/mol. The molecule has 0 aliphatic carbocycles. The van der Waals surface area contributed by atoms with Crippen LogP contribution in [-0.4, -0.2) is 4.98 Å². The first kappa shape index (κ1) is 14.1. The number of nitriles is 1. The molecule has 3 heteroatoms. The Morgan fingerprint density at radius 1 is 1.20 bits per heavy atom.